The molecule has 3 aromatic rings. The summed E-state index contributed by atoms with van der Waals surface area (Å²) in [5, 5.41) is 11.2. The van der Waals surface area contributed by atoms with Gasteiger partial charge in [-0.3, -0.25) is 19.7 Å². The molecule has 0 atom stereocenters. The van der Waals surface area contributed by atoms with Crippen molar-refractivity contribution in [1.29, 1.82) is 0 Å². The molecule has 9 heteroatoms. The van der Waals surface area contributed by atoms with Crippen LogP contribution in [0.25, 0.3) is 17.0 Å². The Morgan fingerprint density at radius 1 is 1.23 bits per heavy atom. The number of carbonyl (C=O) groups is 1. The van der Waals surface area contributed by atoms with E-state index < -0.39 is 4.92 Å². The molecule has 2 aromatic carbocycles. The molecule has 0 saturated carbocycles. The number of hydrogen-bond acceptors (Lipinski definition) is 6. The zero-order valence-electron chi connectivity index (χ0n) is 16.3. The Bertz CT molecular complexity index is 1140. The Labute approximate surface area is 171 Å². The molecule has 1 heterocycles. The molecule has 0 spiro atoms. The Kier molecular flexibility index (Phi) is 6.66. The second-order valence-electron chi connectivity index (χ2n) is 6.46. The van der Waals surface area contributed by atoms with Crippen molar-refractivity contribution in [3.8, 4) is 0 Å². The van der Waals surface area contributed by atoms with Crippen molar-refractivity contribution in [2.75, 3.05) is 20.3 Å². The van der Waals surface area contributed by atoms with Crippen molar-refractivity contribution in [3.63, 3.8) is 0 Å². The first-order valence-corrected chi connectivity index (χ1v) is 9.16. The van der Waals surface area contributed by atoms with Gasteiger partial charge in [-0.1, -0.05) is 12.1 Å². The van der Waals surface area contributed by atoms with Crippen LogP contribution in [-0.2, 0) is 16.1 Å². The third kappa shape index (κ3) is 5.15. The molecule has 0 aliphatic rings. The number of fused-ring (bicyclic) bond motifs is 1. The van der Waals surface area contributed by atoms with Gasteiger partial charge in [-0.25, -0.2) is 4.98 Å². The lowest BCUT2D eigenvalue weighted by Crippen LogP contribution is -2.33. The van der Waals surface area contributed by atoms with Crippen molar-refractivity contribution in [3.05, 3.63) is 86.5 Å². The number of non-ortho nitro benzene ring substituents is 1. The quantitative estimate of drug-likeness (QED) is 0.348. The van der Waals surface area contributed by atoms with Crippen LogP contribution in [0.15, 0.2) is 59.4 Å². The number of H-pyrrole nitrogens is 1. The lowest BCUT2D eigenvalue weighted by atomic mass is 10.2. The van der Waals surface area contributed by atoms with E-state index in [0.29, 0.717) is 35.4 Å². The Morgan fingerprint density at radius 3 is 2.67 bits per heavy atom. The zero-order valence-corrected chi connectivity index (χ0v) is 16.3. The minimum Gasteiger partial charge on any atom is -0.383 e. The largest absolute Gasteiger partial charge is 0.383 e. The molecule has 154 valence electrons. The number of aromatic amines is 1. The Morgan fingerprint density at radius 2 is 1.97 bits per heavy atom. The average Bonchev–Trinajstić information content (AvgIpc) is 2.75. The number of hydrogen-bond donors (Lipinski definition) is 1. The first kappa shape index (κ1) is 20.9. The van der Waals surface area contributed by atoms with Gasteiger partial charge in [0.05, 0.1) is 29.0 Å². The van der Waals surface area contributed by atoms with Crippen LogP contribution in [0.2, 0.25) is 0 Å². The van der Waals surface area contributed by atoms with Gasteiger partial charge in [-0.2, -0.15) is 0 Å². The molecule has 0 saturated heterocycles. The number of amides is 1. The molecule has 0 radical (unpaired) electrons. The molecule has 0 unspecified atom stereocenters. The van der Waals surface area contributed by atoms with Crippen molar-refractivity contribution in [2.45, 2.75) is 6.54 Å². The summed E-state index contributed by atoms with van der Waals surface area (Å²) < 4.78 is 5.08. The number of ether oxygens (including phenoxy) is 1. The van der Waals surface area contributed by atoms with Crippen molar-refractivity contribution >= 4 is 28.6 Å². The summed E-state index contributed by atoms with van der Waals surface area (Å²) in [4.78, 5) is 43.9. The highest BCUT2D eigenvalue weighted by molar-refractivity contribution is 5.91. The molecule has 9 nitrogen and oxygen atoms in total. The van der Waals surface area contributed by atoms with Gasteiger partial charge in [0.25, 0.3) is 11.2 Å². The van der Waals surface area contributed by atoms with Crippen LogP contribution >= 0.6 is 0 Å². The van der Waals surface area contributed by atoms with Gasteiger partial charge < -0.3 is 14.6 Å². The second-order valence-corrected chi connectivity index (χ2v) is 6.46. The summed E-state index contributed by atoms with van der Waals surface area (Å²) in [6, 6.07) is 12.8. The van der Waals surface area contributed by atoms with Gasteiger partial charge in [0, 0.05) is 31.9 Å². The molecule has 30 heavy (non-hydrogen) atoms. The van der Waals surface area contributed by atoms with Crippen LogP contribution in [0, 0.1) is 10.1 Å². The lowest BCUT2D eigenvalue weighted by molar-refractivity contribution is -0.384. The van der Waals surface area contributed by atoms with E-state index in [1.807, 2.05) is 0 Å². The van der Waals surface area contributed by atoms with E-state index >= 15 is 0 Å². The molecule has 0 aliphatic carbocycles. The summed E-state index contributed by atoms with van der Waals surface area (Å²) in [6.45, 7) is 0.721. The van der Waals surface area contributed by atoms with Crippen LogP contribution in [0.1, 0.15) is 11.4 Å². The molecule has 0 fully saturated rings. The van der Waals surface area contributed by atoms with Crippen molar-refractivity contribution in [1.82, 2.24) is 14.9 Å². The molecule has 0 aliphatic heterocycles. The number of carbonyl (C=O) groups excluding carboxylic acids is 1. The zero-order chi connectivity index (χ0) is 21.5. The fourth-order valence-electron chi connectivity index (χ4n) is 2.84. The van der Waals surface area contributed by atoms with E-state index in [-0.39, 0.29) is 23.7 Å². The fraction of sp³-hybridized carbons (Fsp3) is 0.190. The Balaban J connectivity index is 1.78. The lowest BCUT2D eigenvalue weighted by Gasteiger charge is -2.20. The van der Waals surface area contributed by atoms with E-state index in [0.717, 1.165) is 0 Å². The van der Waals surface area contributed by atoms with Gasteiger partial charge >= 0.3 is 0 Å². The number of nitro groups is 1. The standard InChI is InChI=1S/C21H20N4O5/c1-30-13-12-24(14-19-22-18-5-3-2-4-17(18)21(27)23-19)20(26)11-8-15-6-9-16(10-7-15)25(28)29/h2-11H,12-14H2,1H3,(H,22,23,27)/b11-8+. The highest BCUT2D eigenvalue weighted by atomic mass is 16.6. The minimum absolute atomic E-state index is 0.0217. The van der Waals surface area contributed by atoms with Crippen LogP contribution in [0.4, 0.5) is 5.69 Å². The number of nitrogens with zero attached hydrogens (tertiary/aromatic N) is 3. The van der Waals surface area contributed by atoms with Crippen LogP contribution in [0.3, 0.4) is 0 Å². The van der Waals surface area contributed by atoms with Gasteiger partial charge in [0.15, 0.2) is 0 Å². The number of nitrogens with one attached hydrogen (secondary N) is 1. The number of aromatic nitrogens is 2. The van der Waals surface area contributed by atoms with Crippen LogP contribution < -0.4 is 5.56 Å². The van der Waals surface area contributed by atoms with Crippen LogP contribution in [-0.4, -0.2) is 46.0 Å². The molecule has 0 bridgehead atoms. The summed E-state index contributed by atoms with van der Waals surface area (Å²) in [5.74, 6) is 0.0631. The maximum absolute atomic E-state index is 12.7. The highest BCUT2D eigenvalue weighted by Gasteiger charge is 2.14. The fourth-order valence-corrected chi connectivity index (χ4v) is 2.84. The normalized spacial score (nSPS) is 11.1. The summed E-state index contributed by atoms with van der Waals surface area (Å²) in [5.41, 5.74) is 0.914. The van der Waals surface area contributed by atoms with Crippen molar-refractivity contribution < 1.29 is 14.5 Å². The molecular weight excluding hydrogens is 388 g/mol. The maximum Gasteiger partial charge on any atom is 0.269 e. The van der Waals surface area contributed by atoms with E-state index in [1.165, 1.54) is 30.2 Å². The second kappa shape index (κ2) is 9.57. The number of rotatable bonds is 8. The van der Waals surface area contributed by atoms with Gasteiger partial charge in [0.2, 0.25) is 5.91 Å². The third-order valence-corrected chi connectivity index (χ3v) is 4.40. The first-order valence-electron chi connectivity index (χ1n) is 9.16. The number of benzene rings is 2. The number of para-hydroxylation sites is 1. The predicted octanol–water partition coefficient (Wildman–Crippen LogP) is 2.52. The van der Waals surface area contributed by atoms with E-state index in [1.54, 1.807) is 42.5 Å². The third-order valence-electron chi connectivity index (χ3n) is 4.40. The molecule has 1 amide bonds. The summed E-state index contributed by atoms with van der Waals surface area (Å²) >= 11 is 0. The smallest absolute Gasteiger partial charge is 0.269 e. The predicted molar refractivity (Wildman–Crippen MR) is 112 cm³/mol. The van der Waals surface area contributed by atoms with E-state index in [9.17, 15) is 19.7 Å². The molecule has 3 rings (SSSR count). The highest BCUT2D eigenvalue weighted by Crippen LogP contribution is 2.13. The Hall–Kier alpha value is -3.85. The topological polar surface area (TPSA) is 118 Å². The first-order chi connectivity index (χ1) is 14.5. The molecule has 1 aromatic heterocycles. The van der Waals surface area contributed by atoms with Crippen molar-refractivity contribution in [2.24, 2.45) is 0 Å². The molecule has 1 N–H and O–H groups in total. The maximum atomic E-state index is 12.7. The van der Waals surface area contributed by atoms with E-state index in [2.05, 4.69) is 9.97 Å². The number of nitro benzene ring substituents is 1. The SMILES string of the molecule is COCCN(Cc1nc2ccccc2c(=O)[nH]1)C(=O)/C=C/c1ccc([N+](=O)[O-])cc1. The minimum atomic E-state index is -0.484. The monoisotopic (exact) mass is 408 g/mol. The summed E-state index contributed by atoms with van der Waals surface area (Å²) in [7, 11) is 1.53. The van der Waals surface area contributed by atoms with Crippen LogP contribution in [0.5, 0.6) is 0 Å². The van der Waals surface area contributed by atoms with Gasteiger partial charge in [-0.05, 0) is 35.9 Å². The average molecular weight is 408 g/mol. The molecular formula is C21H20N4O5. The van der Waals surface area contributed by atoms with Gasteiger partial charge in [0.1, 0.15) is 5.82 Å². The van der Waals surface area contributed by atoms with Gasteiger partial charge in [-0.15, -0.1) is 0 Å². The summed E-state index contributed by atoms with van der Waals surface area (Å²) in [6.07, 6.45) is 2.94. The van der Waals surface area contributed by atoms with E-state index in [4.69, 9.17) is 4.74 Å². The number of methoxy groups -OCH3 is 1.